The first kappa shape index (κ1) is 24.7. The first-order valence-corrected chi connectivity index (χ1v) is 13.5. The molecule has 3 heterocycles. The maximum absolute atomic E-state index is 12.7. The predicted molar refractivity (Wildman–Crippen MR) is 152 cm³/mol. The van der Waals surface area contributed by atoms with E-state index in [-0.39, 0.29) is 11.3 Å². The summed E-state index contributed by atoms with van der Waals surface area (Å²) >= 11 is 1.70. The van der Waals surface area contributed by atoms with E-state index in [9.17, 15) is 4.79 Å². The third kappa shape index (κ3) is 4.74. The van der Waals surface area contributed by atoms with Crippen LogP contribution >= 0.6 is 11.3 Å². The van der Waals surface area contributed by atoms with E-state index >= 15 is 0 Å². The first-order chi connectivity index (χ1) is 18.0. The van der Waals surface area contributed by atoms with Crippen molar-refractivity contribution in [3.63, 3.8) is 0 Å². The average molecular weight is 510 g/mol. The van der Waals surface area contributed by atoms with Crippen molar-refractivity contribution in [1.82, 2.24) is 14.4 Å². The van der Waals surface area contributed by atoms with Gasteiger partial charge in [0, 0.05) is 22.6 Å². The number of imidazole rings is 1. The molecular weight excluding hydrogens is 478 g/mol. The van der Waals surface area contributed by atoms with Gasteiger partial charge in [-0.1, -0.05) is 50.6 Å². The summed E-state index contributed by atoms with van der Waals surface area (Å²) in [6.07, 6.45) is 5.39. The highest BCUT2D eigenvalue weighted by atomic mass is 32.1. The lowest BCUT2D eigenvalue weighted by Gasteiger charge is -2.14. The summed E-state index contributed by atoms with van der Waals surface area (Å²) in [5.74, 6) is -0.172. The molecule has 0 radical (unpaired) electrons. The van der Waals surface area contributed by atoms with Crippen LogP contribution in [0.4, 0.5) is 11.4 Å². The van der Waals surface area contributed by atoms with Gasteiger partial charge in [0.2, 0.25) is 0 Å². The highest BCUT2D eigenvalue weighted by Crippen LogP contribution is 2.54. The topological polar surface area (TPSA) is 85.3 Å². The van der Waals surface area contributed by atoms with Crippen molar-refractivity contribution < 1.29 is 4.79 Å². The van der Waals surface area contributed by atoms with Crippen molar-refractivity contribution in [2.45, 2.75) is 45.4 Å². The lowest BCUT2D eigenvalue weighted by Crippen LogP contribution is -2.14. The number of benzene rings is 2. The van der Waals surface area contributed by atoms with Crippen molar-refractivity contribution in [2.75, 3.05) is 11.1 Å². The van der Waals surface area contributed by atoms with Crippen LogP contribution in [0, 0.1) is 6.92 Å². The zero-order valence-corrected chi connectivity index (χ0v) is 22.2. The molecule has 1 aliphatic rings. The molecule has 3 N–H and O–H groups in total. The van der Waals surface area contributed by atoms with Crippen LogP contribution in [0.1, 0.15) is 59.7 Å². The summed E-state index contributed by atoms with van der Waals surface area (Å²) in [4.78, 5) is 22.4. The van der Waals surface area contributed by atoms with Crippen LogP contribution in [0.2, 0.25) is 0 Å². The van der Waals surface area contributed by atoms with Crippen LogP contribution < -0.4 is 11.1 Å². The summed E-state index contributed by atoms with van der Waals surface area (Å²) < 4.78 is 2.10. The van der Waals surface area contributed by atoms with E-state index in [2.05, 4.69) is 46.1 Å². The molecule has 0 atom stereocenters. The molecule has 0 aliphatic heterocycles. The molecule has 5 aromatic rings. The van der Waals surface area contributed by atoms with Gasteiger partial charge in [0.05, 0.1) is 22.8 Å². The molecule has 3 aromatic heterocycles. The number of aromatic nitrogens is 3. The highest BCUT2D eigenvalue weighted by Gasteiger charge is 2.48. The molecule has 6 rings (SSSR count). The first-order valence-electron chi connectivity index (χ1n) is 12.6. The third-order valence-corrected chi connectivity index (χ3v) is 7.57. The number of hydrogen-bond donors (Lipinski definition) is 2. The lowest BCUT2D eigenvalue weighted by atomic mass is 9.95. The van der Waals surface area contributed by atoms with Gasteiger partial charge >= 0.3 is 0 Å². The molecule has 7 heteroatoms. The number of carbonyl (C=O) groups is 1. The number of rotatable bonds is 5. The second-order valence-electron chi connectivity index (χ2n) is 9.42. The molecule has 2 aromatic carbocycles. The Labute approximate surface area is 221 Å². The van der Waals surface area contributed by atoms with Crippen molar-refractivity contribution >= 4 is 34.3 Å². The number of aryl methyl sites for hydroxylation is 1. The van der Waals surface area contributed by atoms with Gasteiger partial charge in [-0.2, -0.15) is 0 Å². The number of nitrogen functional groups attached to an aromatic ring is 1. The Bertz CT molecular complexity index is 1550. The zero-order chi connectivity index (χ0) is 26.0. The minimum absolute atomic E-state index is 0.0732. The lowest BCUT2D eigenvalue weighted by molar-refractivity contribution is 0.102. The van der Waals surface area contributed by atoms with E-state index in [1.807, 2.05) is 55.6 Å². The Kier molecular flexibility index (Phi) is 6.80. The second kappa shape index (κ2) is 10.2. The Balaban J connectivity index is 0.000000892. The van der Waals surface area contributed by atoms with Crippen LogP contribution in [-0.4, -0.2) is 20.3 Å². The minimum Gasteiger partial charge on any atom is -0.397 e. The van der Waals surface area contributed by atoms with Crippen LogP contribution in [-0.2, 0) is 5.41 Å². The molecule has 0 bridgehead atoms. The zero-order valence-electron chi connectivity index (χ0n) is 21.4. The third-order valence-electron chi connectivity index (χ3n) is 6.52. The number of amides is 1. The van der Waals surface area contributed by atoms with Crippen LogP contribution in [0.3, 0.4) is 0 Å². The minimum atomic E-state index is -0.172. The number of fused-ring (bicyclic) bond motifs is 1. The Morgan fingerprint density at radius 2 is 1.73 bits per heavy atom. The fourth-order valence-corrected chi connectivity index (χ4v) is 5.61. The van der Waals surface area contributed by atoms with Crippen molar-refractivity contribution in [3.05, 3.63) is 100 Å². The molecule has 0 saturated heterocycles. The Hall–Kier alpha value is -3.97. The summed E-state index contributed by atoms with van der Waals surface area (Å²) in [5.41, 5.74) is 12.7. The van der Waals surface area contributed by atoms with Gasteiger partial charge in [-0.05, 0) is 61.7 Å². The van der Waals surface area contributed by atoms with Gasteiger partial charge in [-0.3, -0.25) is 9.20 Å². The number of anilines is 2. The number of thiazole rings is 1. The van der Waals surface area contributed by atoms with Gasteiger partial charge < -0.3 is 11.1 Å². The molecule has 188 valence electrons. The quantitative estimate of drug-likeness (QED) is 0.248. The maximum Gasteiger partial charge on any atom is 0.255 e. The molecular formula is C30H31N5OS. The van der Waals surface area contributed by atoms with E-state index in [4.69, 9.17) is 10.7 Å². The summed E-state index contributed by atoms with van der Waals surface area (Å²) in [6, 6.07) is 21.1. The summed E-state index contributed by atoms with van der Waals surface area (Å²) in [7, 11) is 0. The van der Waals surface area contributed by atoms with E-state index in [0.29, 0.717) is 16.9 Å². The molecule has 1 saturated carbocycles. The molecule has 1 aliphatic carbocycles. The van der Waals surface area contributed by atoms with Gasteiger partial charge in [0.25, 0.3) is 5.91 Å². The Morgan fingerprint density at radius 3 is 2.43 bits per heavy atom. The van der Waals surface area contributed by atoms with Crippen LogP contribution in [0.5, 0.6) is 0 Å². The van der Waals surface area contributed by atoms with Gasteiger partial charge in [-0.15, -0.1) is 11.3 Å². The molecule has 6 nitrogen and oxygen atoms in total. The number of nitrogens with one attached hydrogen (secondary N) is 1. The fraction of sp³-hybridized carbons (Fsp3) is 0.233. The van der Waals surface area contributed by atoms with Crippen molar-refractivity contribution in [2.24, 2.45) is 0 Å². The van der Waals surface area contributed by atoms with Crippen molar-refractivity contribution in [3.8, 4) is 11.4 Å². The molecule has 0 unspecified atom stereocenters. The van der Waals surface area contributed by atoms with E-state index < -0.39 is 0 Å². The number of nitrogens with zero attached hydrogens (tertiary/aromatic N) is 3. The average Bonchev–Trinajstić information content (AvgIpc) is 3.44. The number of nitrogens with two attached hydrogens (primary N) is 1. The SMILES string of the molecule is CCC.Cc1nc2ccccn2c1-c1csc(C2(c3ccc(C(=O)Nc4ccccc4N)cc3)CC2)n1. The van der Waals surface area contributed by atoms with Crippen molar-refractivity contribution in [1.29, 1.82) is 0 Å². The van der Waals surface area contributed by atoms with Gasteiger partial charge in [0.1, 0.15) is 16.3 Å². The number of carbonyl (C=O) groups excluding carboxylic acids is 1. The predicted octanol–water partition coefficient (Wildman–Crippen LogP) is 7.10. The standard InChI is InChI=1S/C27H23N5OS.C3H8/c1-17-24(32-15-5-4-8-23(32)29-17)22-16-34-26(31-22)27(13-14-27)19-11-9-18(10-12-19)25(33)30-21-7-3-2-6-20(21)28;1-3-2/h2-12,15-16H,13-14,28H2,1H3,(H,30,33);3H2,1-2H3. The van der Waals surface area contributed by atoms with E-state index in [0.717, 1.165) is 40.6 Å². The van der Waals surface area contributed by atoms with Gasteiger partial charge in [-0.25, -0.2) is 9.97 Å². The fourth-order valence-electron chi connectivity index (χ4n) is 4.52. The maximum atomic E-state index is 12.7. The molecule has 0 spiro atoms. The monoisotopic (exact) mass is 509 g/mol. The highest BCUT2D eigenvalue weighted by molar-refractivity contribution is 7.10. The number of hydrogen-bond acceptors (Lipinski definition) is 5. The normalized spacial score (nSPS) is 13.6. The second-order valence-corrected chi connectivity index (χ2v) is 10.3. The molecule has 37 heavy (non-hydrogen) atoms. The van der Waals surface area contributed by atoms with Crippen LogP contribution in [0.15, 0.2) is 78.3 Å². The Morgan fingerprint density at radius 1 is 1.03 bits per heavy atom. The summed E-state index contributed by atoms with van der Waals surface area (Å²) in [5, 5.41) is 6.13. The van der Waals surface area contributed by atoms with Crippen LogP contribution in [0.25, 0.3) is 17.0 Å². The molecule has 1 fully saturated rings. The smallest absolute Gasteiger partial charge is 0.255 e. The number of para-hydroxylation sites is 2. The molecule has 1 amide bonds. The largest absolute Gasteiger partial charge is 0.397 e. The van der Waals surface area contributed by atoms with E-state index in [1.54, 1.807) is 23.5 Å². The van der Waals surface area contributed by atoms with E-state index in [1.165, 1.54) is 12.0 Å². The number of pyridine rings is 1. The summed E-state index contributed by atoms with van der Waals surface area (Å²) in [6.45, 7) is 6.28. The van der Waals surface area contributed by atoms with Gasteiger partial charge in [0.15, 0.2) is 0 Å².